The Balaban J connectivity index is 1.92. The first kappa shape index (κ1) is 15.6. The average molecular weight is 358 g/mol. The van der Waals surface area contributed by atoms with E-state index in [1.807, 2.05) is 18.2 Å². The van der Waals surface area contributed by atoms with Crippen LogP contribution >= 0.6 is 27.5 Å². The number of hydrogen-bond donors (Lipinski definition) is 1. The molecular weight excluding hydrogens is 340 g/mol. The van der Waals surface area contributed by atoms with Gasteiger partial charge in [0.15, 0.2) is 0 Å². The first-order valence-corrected chi connectivity index (χ1v) is 7.64. The Morgan fingerprint density at radius 3 is 2.95 bits per heavy atom. The predicted octanol–water partition coefficient (Wildman–Crippen LogP) is 3.69. The Kier molecular flexibility index (Phi) is 6.10. The molecule has 20 heavy (non-hydrogen) atoms. The normalized spacial score (nSPS) is 10.9. The summed E-state index contributed by atoms with van der Waals surface area (Å²) in [6.45, 7) is 3.23. The summed E-state index contributed by atoms with van der Waals surface area (Å²) in [5.74, 6) is 0. The van der Waals surface area contributed by atoms with Gasteiger partial charge >= 0.3 is 0 Å². The maximum absolute atomic E-state index is 6.24. The second-order valence-electron chi connectivity index (χ2n) is 4.60. The van der Waals surface area contributed by atoms with Crippen LogP contribution < -0.4 is 5.32 Å². The zero-order valence-electron chi connectivity index (χ0n) is 11.4. The number of benzene rings is 1. The number of nitrogens with one attached hydrogen (secondary N) is 1. The van der Waals surface area contributed by atoms with Gasteiger partial charge in [-0.3, -0.25) is 0 Å². The number of hydrogen-bond acceptors (Lipinski definition) is 2. The van der Waals surface area contributed by atoms with Crippen molar-refractivity contribution in [1.82, 2.24) is 9.88 Å². The van der Waals surface area contributed by atoms with Crippen LogP contribution in [0.1, 0.15) is 11.1 Å². The van der Waals surface area contributed by atoms with Crippen LogP contribution in [0.2, 0.25) is 5.02 Å². The third-order valence-electron chi connectivity index (χ3n) is 2.99. The molecule has 0 unspecified atom stereocenters. The van der Waals surface area contributed by atoms with Gasteiger partial charge in [-0.05, 0) is 29.3 Å². The minimum absolute atomic E-state index is 0.731. The standard InChI is InChI=1S/C15H18BrClN2O/c1-20-7-5-18-9-12-4-6-19(10-12)11-13-2-3-14(16)8-15(13)17/h2-4,6,8,10,18H,5,7,9,11H2,1H3. The lowest BCUT2D eigenvalue weighted by Gasteiger charge is -2.06. The summed E-state index contributed by atoms with van der Waals surface area (Å²) in [7, 11) is 1.71. The van der Waals surface area contributed by atoms with Crippen LogP contribution in [-0.4, -0.2) is 24.8 Å². The SMILES string of the molecule is COCCNCc1ccn(Cc2ccc(Br)cc2Cl)c1. The van der Waals surface area contributed by atoms with E-state index in [0.29, 0.717) is 0 Å². The first-order valence-electron chi connectivity index (χ1n) is 6.47. The molecule has 0 amide bonds. The molecule has 2 aromatic rings. The summed E-state index contributed by atoms with van der Waals surface area (Å²) in [6.07, 6.45) is 4.21. The molecule has 1 heterocycles. The Bertz CT molecular complexity index is 557. The van der Waals surface area contributed by atoms with Crippen molar-refractivity contribution in [2.75, 3.05) is 20.3 Å². The number of rotatable bonds is 7. The summed E-state index contributed by atoms with van der Waals surface area (Å²) < 4.78 is 8.14. The minimum Gasteiger partial charge on any atom is -0.383 e. The van der Waals surface area contributed by atoms with Crippen LogP contribution in [0.4, 0.5) is 0 Å². The van der Waals surface area contributed by atoms with Gasteiger partial charge in [-0.1, -0.05) is 33.6 Å². The van der Waals surface area contributed by atoms with Crippen LogP contribution in [0.25, 0.3) is 0 Å². The number of aromatic nitrogens is 1. The number of halogens is 2. The molecule has 0 fully saturated rings. The summed E-state index contributed by atoms with van der Waals surface area (Å²) in [4.78, 5) is 0. The molecule has 5 heteroatoms. The molecular formula is C15H18BrClN2O. The van der Waals surface area contributed by atoms with Crippen LogP contribution in [0.5, 0.6) is 0 Å². The molecule has 1 N–H and O–H groups in total. The van der Waals surface area contributed by atoms with Crippen molar-refractivity contribution >= 4 is 27.5 Å². The van der Waals surface area contributed by atoms with E-state index in [1.54, 1.807) is 7.11 Å². The summed E-state index contributed by atoms with van der Waals surface area (Å²) in [5, 5.41) is 4.11. The minimum atomic E-state index is 0.731. The molecule has 1 aromatic carbocycles. The quantitative estimate of drug-likeness (QED) is 0.765. The number of ether oxygens (including phenoxy) is 1. The van der Waals surface area contributed by atoms with Crippen molar-refractivity contribution in [3.8, 4) is 0 Å². The summed E-state index contributed by atoms with van der Waals surface area (Å²) in [5.41, 5.74) is 2.37. The smallest absolute Gasteiger partial charge is 0.0587 e. The molecule has 0 aliphatic heterocycles. The second-order valence-corrected chi connectivity index (χ2v) is 5.92. The van der Waals surface area contributed by atoms with E-state index in [4.69, 9.17) is 16.3 Å². The second kappa shape index (κ2) is 7.84. The topological polar surface area (TPSA) is 26.2 Å². The molecule has 0 saturated heterocycles. The van der Waals surface area contributed by atoms with Gasteiger partial charge in [-0.25, -0.2) is 0 Å². The number of methoxy groups -OCH3 is 1. The fourth-order valence-electron chi connectivity index (χ4n) is 1.95. The fraction of sp³-hybridized carbons (Fsp3) is 0.333. The molecule has 0 spiro atoms. The first-order chi connectivity index (χ1) is 9.69. The van der Waals surface area contributed by atoms with Gasteiger partial charge in [0.05, 0.1) is 6.61 Å². The van der Waals surface area contributed by atoms with Gasteiger partial charge in [0, 0.05) is 48.6 Å². The molecule has 0 saturated carbocycles. The molecule has 0 aliphatic carbocycles. The van der Waals surface area contributed by atoms with E-state index >= 15 is 0 Å². The van der Waals surface area contributed by atoms with Gasteiger partial charge in [0.2, 0.25) is 0 Å². The van der Waals surface area contributed by atoms with Gasteiger partial charge in [-0.15, -0.1) is 0 Å². The average Bonchev–Trinajstić information content (AvgIpc) is 2.86. The molecule has 0 bridgehead atoms. The Morgan fingerprint density at radius 2 is 2.20 bits per heavy atom. The zero-order chi connectivity index (χ0) is 14.4. The molecule has 108 valence electrons. The van der Waals surface area contributed by atoms with Crippen molar-refractivity contribution in [1.29, 1.82) is 0 Å². The van der Waals surface area contributed by atoms with E-state index in [0.717, 1.165) is 41.3 Å². The molecule has 2 rings (SSSR count). The van der Waals surface area contributed by atoms with Crippen LogP contribution in [0.15, 0.2) is 41.1 Å². The lowest BCUT2D eigenvalue weighted by Crippen LogP contribution is -2.18. The Labute approximate surface area is 133 Å². The zero-order valence-corrected chi connectivity index (χ0v) is 13.7. The molecule has 0 radical (unpaired) electrons. The van der Waals surface area contributed by atoms with Crippen LogP contribution in [0.3, 0.4) is 0 Å². The molecule has 0 aliphatic rings. The fourth-order valence-corrected chi connectivity index (χ4v) is 2.68. The van der Waals surface area contributed by atoms with E-state index < -0.39 is 0 Å². The van der Waals surface area contributed by atoms with E-state index in [-0.39, 0.29) is 0 Å². The highest BCUT2D eigenvalue weighted by Gasteiger charge is 2.03. The maximum Gasteiger partial charge on any atom is 0.0587 e. The lowest BCUT2D eigenvalue weighted by molar-refractivity contribution is 0.199. The van der Waals surface area contributed by atoms with Crippen molar-refractivity contribution in [2.45, 2.75) is 13.1 Å². The largest absolute Gasteiger partial charge is 0.383 e. The van der Waals surface area contributed by atoms with Crippen LogP contribution in [0, 0.1) is 0 Å². The predicted molar refractivity (Wildman–Crippen MR) is 86.3 cm³/mol. The van der Waals surface area contributed by atoms with Gasteiger partial charge < -0.3 is 14.6 Å². The summed E-state index contributed by atoms with van der Waals surface area (Å²) >= 11 is 9.65. The highest BCUT2D eigenvalue weighted by Crippen LogP contribution is 2.22. The van der Waals surface area contributed by atoms with E-state index in [9.17, 15) is 0 Å². The van der Waals surface area contributed by atoms with Crippen molar-refractivity contribution < 1.29 is 4.74 Å². The summed E-state index contributed by atoms with van der Waals surface area (Å²) in [6, 6.07) is 8.10. The molecule has 0 atom stereocenters. The van der Waals surface area contributed by atoms with E-state index in [1.165, 1.54) is 5.56 Å². The van der Waals surface area contributed by atoms with Crippen molar-refractivity contribution in [3.05, 3.63) is 57.3 Å². The highest BCUT2D eigenvalue weighted by atomic mass is 79.9. The monoisotopic (exact) mass is 356 g/mol. The van der Waals surface area contributed by atoms with E-state index in [2.05, 4.69) is 44.3 Å². The van der Waals surface area contributed by atoms with Crippen molar-refractivity contribution in [2.24, 2.45) is 0 Å². The molecule has 1 aromatic heterocycles. The van der Waals surface area contributed by atoms with Gasteiger partial charge in [-0.2, -0.15) is 0 Å². The van der Waals surface area contributed by atoms with Crippen LogP contribution in [-0.2, 0) is 17.8 Å². The molecule has 3 nitrogen and oxygen atoms in total. The van der Waals surface area contributed by atoms with Crippen molar-refractivity contribution in [3.63, 3.8) is 0 Å². The van der Waals surface area contributed by atoms with Gasteiger partial charge in [0.25, 0.3) is 0 Å². The Morgan fingerprint density at radius 1 is 1.35 bits per heavy atom. The third-order valence-corrected chi connectivity index (χ3v) is 3.84. The lowest BCUT2D eigenvalue weighted by atomic mass is 10.2. The number of nitrogens with zero attached hydrogens (tertiary/aromatic N) is 1. The Hall–Kier alpha value is -0.810. The van der Waals surface area contributed by atoms with Gasteiger partial charge in [0.1, 0.15) is 0 Å². The maximum atomic E-state index is 6.24. The highest BCUT2D eigenvalue weighted by molar-refractivity contribution is 9.10. The third kappa shape index (κ3) is 4.63.